The Morgan fingerprint density at radius 3 is 2.16 bits per heavy atom. The van der Waals surface area contributed by atoms with Crippen molar-refractivity contribution in [3.05, 3.63) is 95.0 Å². The smallest absolute Gasteiger partial charge is 0.326 e. The van der Waals surface area contributed by atoms with Crippen LogP contribution in [-0.2, 0) is 16.0 Å². The van der Waals surface area contributed by atoms with E-state index in [1.54, 1.807) is 36.4 Å². The third kappa shape index (κ3) is 4.89. The SMILES string of the molecule is O=C(CC1C(=O)N(c2ccccc2)C(=O)N1CCc1ccccc1)Nc1ccc(Br)cc1. The molecule has 1 fully saturated rings. The van der Waals surface area contributed by atoms with Crippen LogP contribution in [0.25, 0.3) is 0 Å². The minimum Gasteiger partial charge on any atom is -0.326 e. The molecule has 4 rings (SSSR count). The fourth-order valence-corrected chi connectivity index (χ4v) is 3.98. The molecule has 1 aliphatic rings. The second kappa shape index (κ2) is 9.78. The van der Waals surface area contributed by atoms with Gasteiger partial charge in [0.15, 0.2) is 0 Å². The summed E-state index contributed by atoms with van der Waals surface area (Å²) in [5.74, 6) is -0.710. The zero-order valence-electron chi connectivity index (χ0n) is 17.3. The number of amides is 4. The lowest BCUT2D eigenvalue weighted by molar-refractivity contribution is -0.124. The Hall–Kier alpha value is -3.45. The van der Waals surface area contributed by atoms with Gasteiger partial charge in [0.25, 0.3) is 5.91 Å². The Kier molecular flexibility index (Phi) is 6.66. The largest absolute Gasteiger partial charge is 0.332 e. The van der Waals surface area contributed by atoms with Crippen molar-refractivity contribution < 1.29 is 14.4 Å². The normalized spacial score (nSPS) is 15.8. The topological polar surface area (TPSA) is 69.7 Å². The zero-order valence-corrected chi connectivity index (χ0v) is 18.9. The Bertz CT molecular complexity index is 1100. The third-order valence-electron chi connectivity index (χ3n) is 5.32. The molecule has 0 aromatic heterocycles. The van der Waals surface area contributed by atoms with E-state index in [0.717, 1.165) is 10.0 Å². The molecule has 0 radical (unpaired) electrons. The van der Waals surface area contributed by atoms with Gasteiger partial charge in [-0.3, -0.25) is 9.59 Å². The average Bonchev–Trinajstić information content (AvgIpc) is 3.04. The summed E-state index contributed by atoms with van der Waals surface area (Å²) >= 11 is 3.36. The number of benzene rings is 3. The number of para-hydroxylation sites is 1. The van der Waals surface area contributed by atoms with Crippen molar-refractivity contribution in [1.29, 1.82) is 0 Å². The van der Waals surface area contributed by atoms with E-state index in [4.69, 9.17) is 0 Å². The van der Waals surface area contributed by atoms with Crippen LogP contribution in [0.5, 0.6) is 0 Å². The molecule has 3 aromatic rings. The first-order valence-electron chi connectivity index (χ1n) is 10.3. The lowest BCUT2D eigenvalue weighted by Crippen LogP contribution is -2.39. The summed E-state index contributed by atoms with van der Waals surface area (Å²) in [4.78, 5) is 41.9. The van der Waals surface area contributed by atoms with E-state index >= 15 is 0 Å². The van der Waals surface area contributed by atoms with Crippen LogP contribution in [0.15, 0.2) is 89.4 Å². The molecule has 6 nitrogen and oxygen atoms in total. The first kappa shape index (κ1) is 21.8. The van der Waals surface area contributed by atoms with Gasteiger partial charge in [-0.2, -0.15) is 0 Å². The van der Waals surface area contributed by atoms with E-state index in [-0.39, 0.29) is 18.2 Å². The third-order valence-corrected chi connectivity index (χ3v) is 5.85. The standard InChI is InChI=1S/C25H22BrN3O3/c26-19-11-13-20(14-12-19)27-23(30)17-22-24(31)29(21-9-5-2-6-10-21)25(32)28(22)16-15-18-7-3-1-4-8-18/h1-14,22H,15-17H2,(H,27,30). The maximum atomic E-state index is 13.2. The van der Waals surface area contributed by atoms with Gasteiger partial charge in [-0.15, -0.1) is 0 Å². The minimum absolute atomic E-state index is 0.112. The molecule has 1 aliphatic heterocycles. The minimum atomic E-state index is -0.859. The van der Waals surface area contributed by atoms with E-state index < -0.39 is 12.1 Å². The highest BCUT2D eigenvalue weighted by Gasteiger charge is 2.46. The lowest BCUT2D eigenvalue weighted by Gasteiger charge is -2.21. The van der Waals surface area contributed by atoms with Gasteiger partial charge in [-0.1, -0.05) is 64.5 Å². The molecular weight excluding hydrogens is 470 g/mol. The second-order valence-corrected chi connectivity index (χ2v) is 8.41. The van der Waals surface area contributed by atoms with Gasteiger partial charge in [0.05, 0.1) is 12.1 Å². The fraction of sp³-hybridized carbons (Fsp3) is 0.160. The number of imide groups is 1. The van der Waals surface area contributed by atoms with Crippen molar-refractivity contribution in [3.63, 3.8) is 0 Å². The molecular formula is C25H22BrN3O3. The van der Waals surface area contributed by atoms with E-state index in [9.17, 15) is 14.4 Å². The van der Waals surface area contributed by atoms with Gasteiger partial charge >= 0.3 is 6.03 Å². The Morgan fingerprint density at radius 1 is 0.875 bits per heavy atom. The molecule has 1 N–H and O–H groups in total. The van der Waals surface area contributed by atoms with Crippen LogP contribution in [0.2, 0.25) is 0 Å². The van der Waals surface area contributed by atoms with Gasteiger partial charge < -0.3 is 10.2 Å². The van der Waals surface area contributed by atoms with Gasteiger partial charge in [-0.05, 0) is 48.4 Å². The number of nitrogens with zero attached hydrogens (tertiary/aromatic N) is 2. The Labute approximate surface area is 195 Å². The van der Waals surface area contributed by atoms with E-state index in [2.05, 4.69) is 21.2 Å². The molecule has 1 saturated heterocycles. The highest BCUT2D eigenvalue weighted by atomic mass is 79.9. The predicted molar refractivity (Wildman–Crippen MR) is 127 cm³/mol. The van der Waals surface area contributed by atoms with Gasteiger partial charge in [0.1, 0.15) is 6.04 Å². The van der Waals surface area contributed by atoms with Crippen molar-refractivity contribution in [2.24, 2.45) is 0 Å². The van der Waals surface area contributed by atoms with Crippen LogP contribution in [0.4, 0.5) is 16.2 Å². The highest BCUT2D eigenvalue weighted by molar-refractivity contribution is 9.10. The molecule has 1 atom stereocenters. The highest BCUT2D eigenvalue weighted by Crippen LogP contribution is 2.27. The number of hydrogen-bond donors (Lipinski definition) is 1. The van der Waals surface area contributed by atoms with Crippen LogP contribution in [0.1, 0.15) is 12.0 Å². The maximum Gasteiger partial charge on any atom is 0.332 e. The number of carbonyl (C=O) groups excluding carboxylic acids is 3. The van der Waals surface area contributed by atoms with Crippen molar-refractivity contribution in [1.82, 2.24) is 4.90 Å². The fourth-order valence-electron chi connectivity index (χ4n) is 3.72. The summed E-state index contributed by atoms with van der Waals surface area (Å²) in [6.45, 7) is 0.341. The number of carbonyl (C=O) groups is 3. The summed E-state index contributed by atoms with van der Waals surface area (Å²) in [5, 5.41) is 2.81. The molecule has 0 saturated carbocycles. The molecule has 32 heavy (non-hydrogen) atoms. The summed E-state index contributed by atoms with van der Waals surface area (Å²) in [5.41, 5.74) is 2.19. The molecule has 0 bridgehead atoms. The predicted octanol–water partition coefficient (Wildman–Crippen LogP) is 4.86. The quantitative estimate of drug-likeness (QED) is 0.479. The molecule has 3 aromatic carbocycles. The number of urea groups is 1. The van der Waals surface area contributed by atoms with Gasteiger partial charge in [0.2, 0.25) is 5.91 Å². The van der Waals surface area contributed by atoms with Gasteiger partial charge in [-0.25, -0.2) is 9.69 Å². The van der Waals surface area contributed by atoms with E-state index in [0.29, 0.717) is 24.3 Å². The summed E-state index contributed by atoms with van der Waals surface area (Å²) < 4.78 is 0.901. The van der Waals surface area contributed by atoms with Crippen LogP contribution in [-0.4, -0.2) is 35.3 Å². The van der Waals surface area contributed by atoms with Crippen LogP contribution in [0, 0.1) is 0 Å². The van der Waals surface area contributed by atoms with E-state index in [1.807, 2.05) is 48.5 Å². The Morgan fingerprint density at radius 2 is 1.50 bits per heavy atom. The number of anilines is 2. The Balaban J connectivity index is 1.54. The zero-order chi connectivity index (χ0) is 22.5. The summed E-state index contributed by atoms with van der Waals surface area (Å²) in [7, 11) is 0. The first-order valence-corrected chi connectivity index (χ1v) is 11.1. The molecule has 7 heteroatoms. The number of rotatable bonds is 7. The van der Waals surface area contributed by atoms with Crippen molar-refractivity contribution >= 4 is 45.2 Å². The average molecular weight is 492 g/mol. The molecule has 1 unspecified atom stereocenters. The van der Waals surface area contributed by atoms with Crippen molar-refractivity contribution in [2.45, 2.75) is 18.9 Å². The molecule has 0 spiro atoms. The van der Waals surface area contributed by atoms with Crippen LogP contribution >= 0.6 is 15.9 Å². The van der Waals surface area contributed by atoms with Crippen LogP contribution in [0.3, 0.4) is 0 Å². The molecule has 162 valence electrons. The van der Waals surface area contributed by atoms with Crippen LogP contribution < -0.4 is 10.2 Å². The molecule has 0 aliphatic carbocycles. The maximum absolute atomic E-state index is 13.2. The monoisotopic (exact) mass is 491 g/mol. The number of nitrogens with one attached hydrogen (secondary N) is 1. The van der Waals surface area contributed by atoms with Gasteiger partial charge in [0, 0.05) is 16.7 Å². The number of halogens is 1. The van der Waals surface area contributed by atoms with Crippen molar-refractivity contribution in [2.75, 3.05) is 16.8 Å². The van der Waals surface area contributed by atoms with E-state index in [1.165, 1.54) is 9.80 Å². The number of hydrogen-bond acceptors (Lipinski definition) is 3. The lowest BCUT2D eigenvalue weighted by atomic mass is 10.1. The molecule has 4 amide bonds. The second-order valence-electron chi connectivity index (χ2n) is 7.50. The summed E-state index contributed by atoms with van der Waals surface area (Å²) in [6.07, 6.45) is 0.478. The van der Waals surface area contributed by atoms with Crippen molar-refractivity contribution in [3.8, 4) is 0 Å². The summed E-state index contributed by atoms with van der Waals surface area (Å²) in [6, 6.07) is 24.5. The first-order chi connectivity index (χ1) is 15.5. The molecule has 1 heterocycles.